The molecule has 1 atom stereocenters. The van der Waals surface area contributed by atoms with E-state index in [2.05, 4.69) is 11.9 Å². The third-order valence-corrected chi connectivity index (χ3v) is 7.14. The molecule has 0 N–H and O–H groups in total. The number of allylic oxidation sites excluding steroid dienone is 1. The van der Waals surface area contributed by atoms with Crippen LogP contribution >= 0.6 is 11.3 Å². The molecule has 0 fully saturated rings. The highest BCUT2D eigenvalue weighted by Crippen LogP contribution is 2.32. The number of hydrogen-bond donors (Lipinski definition) is 0. The van der Waals surface area contributed by atoms with E-state index in [9.17, 15) is 19.7 Å². The average Bonchev–Trinajstić information content (AvgIpc) is 3.21. The van der Waals surface area contributed by atoms with E-state index in [0.717, 1.165) is 18.4 Å². The first-order valence-electron chi connectivity index (χ1n) is 12.9. The molecule has 0 saturated heterocycles. The molecule has 1 aliphatic rings. The zero-order valence-corrected chi connectivity index (χ0v) is 23.2. The van der Waals surface area contributed by atoms with Crippen molar-refractivity contribution in [1.29, 1.82) is 0 Å². The number of carbonyl (C=O) groups is 1. The summed E-state index contributed by atoms with van der Waals surface area (Å²) >= 11 is 1.20. The molecule has 0 spiro atoms. The van der Waals surface area contributed by atoms with Gasteiger partial charge in [0.05, 0.1) is 40.0 Å². The van der Waals surface area contributed by atoms with Gasteiger partial charge in [0, 0.05) is 12.1 Å². The predicted octanol–water partition coefficient (Wildman–Crippen LogP) is 4.52. The molecule has 0 aliphatic carbocycles. The van der Waals surface area contributed by atoms with E-state index >= 15 is 0 Å². The number of nitro groups is 1. The normalized spacial score (nSPS) is 15.2. The van der Waals surface area contributed by atoms with Gasteiger partial charge in [0.1, 0.15) is 5.75 Å². The molecular weight excluding hydrogens is 518 g/mol. The monoisotopic (exact) mass is 549 g/mol. The van der Waals surface area contributed by atoms with Crippen LogP contribution in [0, 0.1) is 16.0 Å². The summed E-state index contributed by atoms with van der Waals surface area (Å²) in [6.45, 7) is 8.61. The van der Waals surface area contributed by atoms with E-state index in [-0.39, 0.29) is 23.8 Å². The van der Waals surface area contributed by atoms with Crippen molar-refractivity contribution in [1.82, 2.24) is 4.57 Å². The van der Waals surface area contributed by atoms with Crippen LogP contribution in [0.2, 0.25) is 0 Å². The van der Waals surface area contributed by atoms with Gasteiger partial charge < -0.3 is 9.47 Å². The summed E-state index contributed by atoms with van der Waals surface area (Å²) in [5, 5.41) is 11.0. The van der Waals surface area contributed by atoms with E-state index in [0.29, 0.717) is 38.5 Å². The Morgan fingerprint density at radius 3 is 2.49 bits per heavy atom. The summed E-state index contributed by atoms with van der Waals surface area (Å²) in [7, 11) is 0. The molecule has 9 nitrogen and oxygen atoms in total. The van der Waals surface area contributed by atoms with Crippen molar-refractivity contribution in [3.8, 4) is 5.75 Å². The van der Waals surface area contributed by atoms with Gasteiger partial charge in [-0.05, 0) is 60.7 Å². The Kier molecular flexibility index (Phi) is 8.75. The number of unbranched alkanes of at least 4 members (excludes halogenated alkanes) is 1. The lowest BCUT2D eigenvalue weighted by molar-refractivity contribution is -0.384. The number of esters is 1. The van der Waals surface area contributed by atoms with E-state index in [1.807, 2.05) is 38.1 Å². The number of carbonyl (C=O) groups excluding carboxylic acids is 1. The average molecular weight is 550 g/mol. The van der Waals surface area contributed by atoms with Crippen molar-refractivity contribution < 1.29 is 19.2 Å². The second-order valence-electron chi connectivity index (χ2n) is 9.69. The maximum absolute atomic E-state index is 13.7. The number of nitrogens with zero attached hydrogens (tertiary/aromatic N) is 3. The Morgan fingerprint density at radius 1 is 1.18 bits per heavy atom. The lowest BCUT2D eigenvalue weighted by atomic mass is 9.96. The van der Waals surface area contributed by atoms with Crippen LogP contribution < -0.4 is 19.6 Å². The molecule has 39 heavy (non-hydrogen) atoms. The highest BCUT2D eigenvalue weighted by atomic mass is 32.1. The van der Waals surface area contributed by atoms with Crippen molar-refractivity contribution in [2.45, 2.75) is 46.6 Å². The Balaban J connectivity index is 1.80. The van der Waals surface area contributed by atoms with E-state index in [1.165, 1.54) is 28.0 Å². The van der Waals surface area contributed by atoms with E-state index in [4.69, 9.17) is 9.47 Å². The van der Waals surface area contributed by atoms with Crippen LogP contribution in [0.5, 0.6) is 5.75 Å². The van der Waals surface area contributed by atoms with E-state index < -0.39 is 16.9 Å². The van der Waals surface area contributed by atoms with E-state index in [1.54, 1.807) is 25.1 Å². The predicted molar refractivity (Wildman–Crippen MR) is 150 cm³/mol. The van der Waals surface area contributed by atoms with Crippen molar-refractivity contribution in [3.05, 3.63) is 101 Å². The lowest BCUT2D eigenvalue weighted by Crippen LogP contribution is -2.40. The summed E-state index contributed by atoms with van der Waals surface area (Å²) in [5.74, 6) is 0.348. The number of aromatic nitrogens is 1. The van der Waals surface area contributed by atoms with Gasteiger partial charge in [-0.3, -0.25) is 19.5 Å². The molecule has 2 heterocycles. The van der Waals surface area contributed by atoms with Crippen LogP contribution in [0.4, 0.5) is 5.69 Å². The molecule has 204 valence electrons. The fourth-order valence-corrected chi connectivity index (χ4v) is 5.19. The Hall–Kier alpha value is -4.05. The van der Waals surface area contributed by atoms with Crippen molar-refractivity contribution in [2.24, 2.45) is 10.9 Å². The first kappa shape index (κ1) is 28.0. The van der Waals surface area contributed by atoms with Gasteiger partial charge in [-0.1, -0.05) is 50.7 Å². The Bertz CT molecular complexity index is 1570. The zero-order valence-electron chi connectivity index (χ0n) is 22.4. The third-order valence-electron chi connectivity index (χ3n) is 6.15. The van der Waals surface area contributed by atoms with Crippen LogP contribution in [0.1, 0.15) is 57.7 Å². The SMILES string of the molecule is CCCCOc1ccc(C2C(C(=O)OCC(C)C)=C(C)N=c3s/c(=C\c4ccc([N+](=O)[O-])cc4)c(=O)n32)cc1. The minimum atomic E-state index is -0.732. The number of rotatable bonds is 10. The molecule has 1 aromatic heterocycles. The molecule has 1 unspecified atom stereocenters. The fourth-order valence-electron chi connectivity index (χ4n) is 4.14. The molecule has 1 aliphatic heterocycles. The number of non-ortho nitro benzene ring substituents is 1. The first-order valence-corrected chi connectivity index (χ1v) is 13.7. The largest absolute Gasteiger partial charge is 0.494 e. The number of thiazole rings is 1. The first-order chi connectivity index (χ1) is 18.7. The summed E-state index contributed by atoms with van der Waals surface area (Å²) < 4.78 is 13.3. The van der Waals surface area contributed by atoms with Crippen LogP contribution in [0.3, 0.4) is 0 Å². The van der Waals surface area contributed by atoms with Crippen molar-refractivity contribution >= 4 is 29.1 Å². The molecule has 10 heteroatoms. The molecular formula is C29H31N3O6S. The number of hydrogen-bond acceptors (Lipinski definition) is 8. The van der Waals surface area contributed by atoms with Gasteiger partial charge in [0.25, 0.3) is 11.2 Å². The molecule has 4 rings (SSSR count). The van der Waals surface area contributed by atoms with Gasteiger partial charge in [0.15, 0.2) is 4.80 Å². The minimum Gasteiger partial charge on any atom is -0.494 e. The number of fused-ring (bicyclic) bond motifs is 1. The van der Waals surface area contributed by atoms with Gasteiger partial charge in [-0.25, -0.2) is 9.79 Å². The van der Waals surface area contributed by atoms with Crippen molar-refractivity contribution in [2.75, 3.05) is 13.2 Å². The second kappa shape index (κ2) is 12.2. The molecule has 0 radical (unpaired) electrons. The zero-order chi connectivity index (χ0) is 28.1. The fraction of sp³-hybridized carbons (Fsp3) is 0.345. The standard InChI is InChI=1S/C29H31N3O6S/c1-5-6-15-37-23-13-9-21(10-14-23)26-25(28(34)38-17-18(2)3)19(4)30-29-31(26)27(33)24(39-29)16-20-7-11-22(12-8-20)32(35)36/h7-14,16,18,26H,5-6,15,17H2,1-4H3/b24-16-. The molecule has 2 aromatic carbocycles. The quantitative estimate of drug-likeness (QED) is 0.159. The number of benzene rings is 2. The van der Waals surface area contributed by atoms with Gasteiger partial charge in [-0.15, -0.1) is 0 Å². The number of nitro benzene ring substituents is 1. The maximum Gasteiger partial charge on any atom is 0.338 e. The smallest absolute Gasteiger partial charge is 0.338 e. The molecule has 0 saturated carbocycles. The summed E-state index contributed by atoms with van der Waals surface area (Å²) in [6, 6.07) is 12.6. The number of ether oxygens (including phenoxy) is 2. The van der Waals surface area contributed by atoms with Crippen LogP contribution in [-0.2, 0) is 9.53 Å². The molecule has 0 bridgehead atoms. The minimum absolute atomic E-state index is 0.0316. The highest BCUT2D eigenvalue weighted by Gasteiger charge is 2.33. The Morgan fingerprint density at radius 2 is 1.87 bits per heavy atom. The summed E-state index contributed by atoms with van der Waals surface area (Å²) in [5.41, 5.74) is 1.82. The third kappa shape index (κ3) is 6.34. The van der Waals surface area contributed by atoms with Gasteiger partial charge in [0.2, 0.25) is 0 Å². The highest BCUT2D eigenvalue weighted by molar-refractivity contribution is 7.07. The second-order valence-corrected chi connectivity index (χ2v) is 10.7. The lowest BCUT2D eigenvalue weighted by Gasteiger charge is -2.25. The van der Waals surface area contributed by atoms with Crippen LogP contribution in [-0.4, -0.2) is 28.7 Å². The topological polar surface area (TPSA) is 113 Å². The van der Waals surface area contributed by atoms with Gasteiger partial charge >= 0.3 is 5.97 Å². The Labute approximate surface area is 229 Å². The summed E-state index contributed by atoms with van der Waals surface area (Å²) in [6.07, 6.45) is 3.64. The molecule has 0 amide bonds. The summed E-state index contributed by atoms with van der Waals surface area (Å²) in [4.78, 5) is 42.6. The van der Waals surface area contributed by atoms with Crippen LogP contribution in [0.15, 0.2) is 69.6 Å². The molecule has 3 aromatic rings. The van der Waals surface area contributed by atoms with Crippen molar-refractivity contribution in [3.63, 3.8) is 0 Å². The van der Waals surface area contributed by atoms with Crippen LogP contribution in [0.25, 0.3) is 6.08 Å². The van der Waals surface area contributed by atoms with Gasteiger partial charge in [-0.2, -0.15) is 0 Å². The maximum atomic E-state index is 13.7.